The minimum absolute atomic E-state index is 0.0702. The Hall–Kier alpha value is -1.49. The molecule has 20 heavy (non-hydrogen) atoms. The fourth-order valence-corrected chi connectivity index (χ4v) is 3.44. The molecule has 0 bridgehead atoms. The summed E-state index contributed by atoms with van der Waals surface area (Å²) in [6.45, 7) is 4.42. The molecule has 1 fully saturated rings. The van der Waals surface area contributed by atoms with Crippen LogP contribution in [0.5, 0.6) is 0 Å². The van der Waals surface area contributed by atoms with Crippen molar-refractivity contribution in [3.63, 3.8) is 0 Å². The van der Waals surface area contributed by atoms with E-state index in [1.165, 1.54) is 18.3 Å². The Morgan fingerprint density at radius 1 is 1.50 bits per heavy atom. The zero-order chi connectivity index (χ0) is 14.8. The Morgan fingerprint density at radius 3 is 2.80 bits per heavy atom. The first-order chi connectivity index (χ1) is 9.32. The third-order valence-corrected chi connectivity index (χ3v) is 4.69. The number of nitrogens with one attached hydrogen (secondary N) is 1. The molecular formula is C13H17N3O3S. The van der Waals surface area contributed by atoms with Crippen LogP contribution in [0.1, 0.15) is 32.4 Å². The standard InChI is InChI=1S/C13H17N3O3S/c1-13(2)7-10(5-6-19-13)16-20(17,18)12-4-3-11(8-14)15-9-12/h3-4,9-10,16H,5-7H2,1-2H3. The Bertz CT molecular complexity index is 617. The number of nitriles is 1. The van der Waals surface area contributed by atoms with Gasteiger partial charge in [-0.25, -0.2) is 18.1 Å². The van der Waals surface area contributed by atoms with E-state index in [0.717, 1.165) is 0 Å². The van der Waals surface area contributed by atoms with Crippen LogP contribution in [0.25, 0.3) is 0 Å². The summed E-state index contributed by atoms with van der Waals surface area (Å²) in [7, 11) is -3.61. The topological polar surface area (TPSA) is 92.1 Å². The molecule has 1 aromatic heterocycles. The van der Waals surface area contributed by atoms with Crippen molar-refractivity contribution in [1.82, 2.24) is 9.71 Å². The van der Waals surface area contributed by atoms with Crippen LogP contribution < -0.4 is 4.72 Å². The number of sulfonamides is 1. The lowest BCUT2D eigenvalue weighted by atomic mass is 9.95. The van der Waals surface area contributed by atoms with E-state index in [2.05, 4.69) is 9.71 Å². The highest BCUT2D eigenvalue weighted by Crippen LogP contribution is 2.25. The average Bonchev–Trinajstić information content (AvgIpc) is 2.37. The Labute approximate surface area is 118 Å². The van der Waals surface area contributed by atoms with Crippen LogP contribution in [-0.2, 0) is 14.8 Å². The van der Waals surface area contributed by atoms with Gasteiger partial charge in [-0.3, -0.25) is 0 Å². The van der Waals surface area contributed by atoms with Gasteiger partial charge in [-0.2, -0.15) is 5.26 Å². The summed E-state index contributed by atoms with van der Waals surface area (Å²) in [6.07, 6.45) is 2.47. The van der Waals surface area contributed by atoms with E-state index in [0.29, 0.717) is 19.4 Å². The van der Waals surface area contributed by atoms with Crippen molar-refractivity contribution in [3.8, 4) is 6.07 Å². The van der Waals surface area contributed by atoms with Crippen molar-refractivity contribution < 1.29 is 13.2 Å². The molecule has 1 aromatic rings. The van der Waals surface area contributed by atoms with E-state index in [-0.39, 0.29) is 22.2 Å². The first kappa shape index (κ1) is 14.9. The summed E-state index contributed by atoms with van der Waals surface area (Å²) < 4.78 is 32.7. The zero-order valence-corrected chi connectivity index (χ0v) is 12.3. The van der Waals surface area contributed by atoms with Gasteiger partial charge in [0.1, 0.15) is 16.7 Å². The van der Waals surface area contributed by atoms with Gasteiger partial charge in [0.05, 0.1) is 5.60 Å². The van der Waals surface area contributed by atoms with E-state index in [9.17, 15) is 8.42 Å². The molecule has 0 aromatic carbocycles. The van der Waals surface area contributed by atoms with Gasteiger partial charge in [0.25, 0.3) is 0 Å². The summed E-state index contributed by atoms with van der Waals surface area (Å²) in [5.74, 6) is 0. The van der Waals surface area contributed by atoms with Gasteiger partial charge >= 0.3 is 0 Å². The quantitative estimate of drug-likeness (QED) is 0.904. The molecule has 6 nitrogen and oxygen atoms in total. The lowest BCUT2D eigenvalue weighted by molar-refractivity contribution is -0.0599. The number of hydrogen-bond donors (Lipinski definition) is 1. The van der Waals surface area contributed by atoms with Gasteiger partial charge < -0.3 is 4.74 Å². The molecule has 1 aliphatic rings. The fraction of sp³-hybridized carbons (Fsp3) is 0.538. The molecular weight excluding hydrogens is 278 g/mol. The molecule has 1 atom stereocenters. The molecule has 0 aliphatic carbocycles. The second-order valence-corrected chi connectivity index (χ2v) is 7.12. The summed E-state index contributed by atoms with van der Waals surface area (Å²) in [5.41, 5.74) is -0.134. The molecule has 1 aliphatic heterocycles. The van der Waals surface area contributed by atoms with Crippen LogP contribution in [0.3, 0.4) is 0 Å². The largest absolute Gasteiger partial charge is 0.375 e. The second-order valence-electron chi connectivity index (χ2n) is 5.41. The van der Waals surface area contributed by atoms with Gasteiger partial charge in [0.15, 0.2) is 0 Å². The summed E-state index contributed by atoms with van der Waals surface area (Å²) >= 11 is 0. The van der Waals surface area contributed by atoms with Crippen LogP contribution in [0.15, 0.2) is 23.2 Å². The Morgan fingerprint density at radius 2 is 2.25 bits per heavy atom. The van der Waals surface area contributed by atoms with E-state index >= 15 is 0 Å². The molecule has 2 rings (SSSR count). The summed E-state index contributed by atoms with van der Waals surface area (Å²) in [4.78, 5) is 3.85. The predicted molar refractivity (Wildman–Crippen MR) is 72.3 cm³/mol. The fourth-order valence-electron chi connectivity index (χ4n) is 2.23. The van der Waals surface area contributed by atoms with Crippen molar-refractivity contribution in [2.45, 2.75) is 43.2 Å². The first-order valence-corrected chi connectivity index (χ1v) is 7.83. The normalized spacial score (nSPS) is 22.1. The average molecular weight is 295 g/mol. The third-order valence-electron chi connectivity index (χ3n) is 3.18. The minimum atomic E-state index is -3.61. The van der Waals surface area contributed by atoms with Gasteiger partial charge in [0.2, 0.25) is 10.0 Å². The molecule has 2 heterocycles. The van der Waals surface area contributed by atoms with Crippen LogP contribution >= 0.6 is 0 Å². The molecule has 108 valence electrons. The second kappa shape index (κ2) is 5.48. The van der Waals surface area contributed by atoms with Gasteiger partial charge in [-0.1, -0.05) is 0 Å². The van der Waals surface area contributed by atoms with E-state index < -0.39 is 10.0 Å². The van der Waals surface area contributed by atoms with Crippen molar-refractivity contribution in [3.05, 3.63) is 24.0 Å². The van der Waals surface area contributed by atoms with E-state index in [1.807, 2.05) is 19.9 Å². The smallest absolute Gasteiger partial charge is 0.242 e. The van der Waals surface area contributed by atoms with Gasteiger partial charge in [-0.05, 0) is 38.8 Å². The highest BCUT2D eigenvalue weighted by molar-refractivity contribution is 7.89. The maximum atomic E-state index is 12.2. The lowest BCUT2D eigenvalue weighted by Crippen LogP contribution is -2.45. The van der Waals surface area contributed by atoms with Crippen molar-refractivity contribution in [2.24, 2.45) is 0 Å². The number of nitrogens with zero attached hydrogens (tertiary/aromatic N) is 2. The van der Waals surface area contributed by atoms with E-state index in [1.54, 1.807) is 0 Å². The molecule has 0 spiro atoms. The van der Waals surface area contributed by atoms with Crippen LogP contribution in [0, 0.1) is 11.3 Å². The highest BCUT2D eigenvalue weighted by Gasteiger charge is 2.31. The van der Waals surface area contributed by atoms with Crippen molar-refractivity contribution in [2.75, 3.05) is 6.61 Å². The van der Waals surface area contributed by atoms with Crippen molar-refractivity contribution >= 4 is 10.0 Å². The summed E-state index contributed by atoms with van der Waals surface area (Å²) in [5, 5.41) is 8.66. The maximum absolute atomic E-state index is 12.2. The van der Waals surface area contributed by atoms with Crippen LogP contribution in [0.2, 0.25) is 0 Å². The number of aromatic nitrogens is 1. The van der Waals surface area contributed by atoms with Crippen LogP contribution in [-0.4, -0.2) is 31.7 Å². The summed E-state index contributed by atoms with van der Waals surface area (Å²) in [6, 6.07) is 4.48. The monoisotopic (exact) mass is 295 g/mol. The number of hydrogen-bond acceptors (Lipinski definition) is 5. The molecule has 0 radical (unpaired) electrons. The van der Waals surface area contributed by atoms with Crippen molar-refractivity contribution in [1.29, 1.82) is 5.26 Å². The highest BCUT2D eigenvalue weighted by atomic mass is 32.2. The SMILES string of the molecule is CC1(C)CC(NS(=O)(=O)c2ccc(C#N)nc2)CCO1. The predicted octanol–water partition coefficient (Wildman–Crippen LogP) is 1.19. The minimum Gasteiger partial charge on any atom is -0.375 e. The van der Waals surface area contributed by atoms with Gasteiger partial charge in [0, 0.05) is 18.8 Å². The third kappa shape index (κ3) is 3.54. The molecule has 0 amide bonds. The number of pyridine rings is 1. The Balaban J connectivity index is 2.12. The molecule has 1 unspecified atom stereocenters. The first-order valence-electron chi connectivity index (χ1n) is 6.35. The maximum Gasteiger partial charge on any atom is 0.242 e. The number of ether oxygens (including phenoxy) is 1. The molecule has 1 N–H and O–H groups in total. The Kier molecular flexibility index (Phi) is 4.09. The molecule has 0 saturated carbocycles. The molecule has 7 heteroatoms. The van der Waals surface area contributed by atoms with Gasteiger partial charge in [-0.15, -0.1) is 0 Å². The lowest BCUT2D eigenvalue weighted by Gasteiger charge is -2.35. The van der Waals surface area contributed by atoms with E-state index in [4.69, 9.17) is 10.00 Å². The number of rotatable bonds is 3. The zero-order valence-electron chi connectivity index (χ0n) is 11.5. The molecule has 1 saturated heterocycles. The van der Waals surface area contributed by atoms with Crippen LogP contribution in [0.4, 0.5) is 0 Å².